The van der Waals surface area contributed by atoms with Crippen molar-refractivity contribution in [3.8, 4) is 0 Å². The number of rotatable bonds is 31. The fourth-order valence-electron chi connectivity index (χ4n) is 5.29. The van der Waals surface area contributed by atoms with Crippen molar-refractivity contribution < 1.29 is 51.4 Å². The van der Waals surface area contributed by atoms with Gasteiger partial charge in [0.05, 0.1) is 25.4 Å². The predicted molar refractivity (Wildman–Crippen MR) is 209 cm³/mol. The normalized spacial score (nSPS) is 14.6. The Kier molecular flexibility index (Phi) is 26.6. The monoisotopic (exact) mass is 811 g/mol. The standard InChI is InChI=1S/C38H77N3O11P2/c1-36(2,3)24-16-14-21-33(42)39-26-18-10-11-20-30-49-53(45,46)50-31-28-41(29-32-51-54(47,48)52-38(7,8)9)35(44)23-13-12-19-27-40-34(43)22-15-17-25-37(4,5)6/h10-32H2,1-9H3,(H,39,42)(H,40,43)(H,45,46)(H,47,48)/p-2. The Morgan fingerprint density at radius 3 is 1.41 bits per heavy atom. The van der Waals surface area contributed by atoms with Crippen LogP contribution in [0.2, 0.25) is 0 Å². The van der Waals surface area contributed by atoms with Crippen LogP contribution in [0.3, 0.4) is 0 Å². The van der Waals surface area contributed by atoms with Gasteiger partial charge in [-0.3, -0.25) is 23.5 Å². The van der Waals surface area contributed by atoms with Crippen LogP contribution >= 0.6 is 15.6 Å². The van der Waals surface area contributed by atoms with E-state index in [2.05, 4.69) is 52.2 Å². The summed E-state index contributed by atoms with van der Waals surface area (Å²) >= 11 is 0. The van der Waals surface area contributed by atoms with Gasteiger partial charge in [0.1, 0.15) is 0 Å². The van der Waals surface area contributed by atoms with E-state index in [0.717, 1.165) is 57.8 Å². The molecule has 2 atom stereocenters. The van der Waals surface area contributed by atoms with Crippen molar-refractivity contribution in [1.82, 2.24) is 15.5 Å². The average molecular weight is 812 g/mol. The highest BCUT2D eigenvalue weighted by Crippen LogP contribution is 2.42. The van der Waals surface area contributed by atoms with Crippen molar-refractivity contribution in [1.29, 1.82) is 0 Å². The molecule has 54 heavy (non-hydrogen) atoms. The molecule has 2 unspecified atom stereocenters. The summed E-state index contributed by atoms with van der Waals surface area (Å²) in [5.74, 6) is -0.244. The number of amides is 3. The fraction of sp³-hybridized carbons (Fsp3) is 0.921. The molecular formula is C38H75N3O11P2-2. The van der Waals surface area contributed by atoms with E-state index in [1.54, 1.807) is 20.8 Å². The molecule has 0 aromatic rings. The average Bonchev–Trinajstić information content (AvgIpc) is 3.01. The van der Waals surface area contributed by atoms with Crippen LogP contribution in [0.15, 0.2) is 0 Å². The number of hydrogen-bond acceptors (Lipinski definition) is 11. The van der Waals surface area contributed by atoms with E-state index in [9.17, 15) is 33.3 Å². The van der Waals surface area contributed by atoms with Crippen molar-refractivity contribution in [2.24, 2.45) is 10.8 Å². The predicted octanol–water partition coefficient (Wildman–Crippen LogP) is 7.18. The number of phosphoric ester groups is 2. The summed E-state index contributed by atoms with van der Waals surface area (Å²) in [6, 6.07) is 0. The lowest BCUT2D eigenvalue weighted by Gasteiger charge is -2.31. The van der Waals surface area contributed by atoms with E-state index in [1.807, 2.05) is 0 Å². The minimum Gasteiger partial charge on any atom is -0.756 e. The molecule has 3 amide bonds. The molecular weight excluding hydrogens is 736 g/mol. The molecule has 0 aliphatic heterocycles. The summed E-state index contributed by atoms with van der Waals surface area (Å²) in [6.07, 6.45) is 11.8. The molecule has 320 valence electrons. The molecule has 14 nitrogen and oxygen atoms in total. The molecule has 2 N–H and O–H groups in total. The SMILES string of the molecule is CC(C)(C)CCCCC(=O)NCCCCCCOP(=O)([O-])OCCN(CCOP(=O)([O-])OC(C)(C)C)C(=O)CCCCCNC(=O)CCCCC(C)(C)C. The Hall–Kier alpha value is -1.37. The molecule has 0 fully saturated rings. The summed E-state index contributed by atoms with van der Waals surface area (Å²) < 4.78 is 44.4. The number of carbonyl (C=O) groups excluding carboxylic acids is 3. The van der Waals surface area contributed by atoms with Crippen LogP contribution in [0.4, 0.5) is 0 Å². The number of nitrogens with one attached hydrogen (secondary N) is 2. The topological polar surface area (TPSA) is 196 Å². The summed E-state index contributed by atoms with van der Waals surface area (Å²) in [6.45, 7) is 17.8. The molecule has 0 spiro atoms. The van der Waals surface area contributed by atoms with Gasteiger partial charge in [-0.1, -0.05) is 73.6 Å². The maximum absolute atomic E-state index is 13.1. The third-order valence-corrected chi connectivity index (χ3v) is 10.4. The van der Waals surface area contributed by atoms with E-state index in [0.29, 0.717) is 51.6 Å². The summed E-state index contributed by atoms with van der Waals surface area (Å²) in [7, 11) is -9.28. The van der Waals surface area contributed by atoms with Crippen LogP contribution in [-0.2, 0) is 41.6 Å². The van der Waals surface area contributed by atoms with Crippen LogP contribution in [0.25, 0.3) is 0 Å². The fourth-order valence-corrected chi connectivity index (χ4v) is 7.05. The highest BCUT2D eigenvalue weighted by atomic mass is 31.2. The minimum atomic E-state index is -4.64. The van der Waals surface area contributed by atoms with Crippen LogP contribution in [0.1, 0.15) is 165 Å². The maximum Gasteiger partial charge on any atom is 0.268 e. The molecule has 0 aliphatic rings. The zero-order valence-electron chi connectivity index (χ0n) is 35.1. The first-order valence-corrected chi connectivity index (χ1v) is 22.9. The highest BCUT2D eigenvalue weighted by Gasteiger charge is 2.22. The number of carbonyl (C=O) groups is 3. The van der Waals surface area contributed by atoms with Gasteiger partial charge >= 0.3 is 0 Å². The van der Waals surface area contributed by atoms with Crippen LogP contribution in [0, 0.1) is 10.8 Å². The number of hydrogen-bond donors (Lipinski definition) is 2. The van der Waals surface area contributed by atoms with Gasteiger partial charge in [-0.15, -0.1) is 0 Å². The van der Waals surface area contributed by atoms with Gasteiger partial charge in [-0.2, -0.15) is 0 Å². The maximum atomic E-state index is 13.1. The molecule has 0 bridgehead atoms. The van der Waals surface area contributed by atoms with Crippen LogP contribution < -0.4 is 20.4 Å². The molecule has 0 aromatic carbocycles. The summed E-state index contributed by atoms with van der Waals surface area (Å²) in [5.41, 5.74) is -0.468. The quantitative estimate of drug-likeness (QED) is 0.0532. The molecule has 0 heterocycles. The number of unbranched alkanes of at least 4 members (excludes halogenated alkanes) is 7. The highest BCUT2D eigenvalue weighted by molar-refractivity contribution is 7.46. The first-order valence-electron chi connectivity index (χ1n) is 20.0. The molecule has 0 radical (unpaired) electrons. The van der Waals surface area contributed by atoms with Crippen LogP contribution in [-0.4, -0.2) is 74.2 Å². The lowest BCUT2D eigenvalue weighted by Crippen LogP contribution is -2.37. The molecule has 0 saturated heterocycles. The Morgan fingerprint density at radius 2 is 0.944 bits per heavy atom. The van der Waals surface area contributed by atoms with Gasteiger partial charge in [-0.05, 0) is 83.0 Å². The smallest absolute Gasteiger partial charge is 0.268 e. The number of phosphoric acid groups is 2. The third kappa shape index (κ3) is 35.1. The van der Waals surface area contributed by atoms with E-state index in [-0.39, 0.29) is 67.9 Å². The van der Waals surface area contributed by atoms with E-state index in [4.69, 9.17) is 18.1 Å². The molecule has 0 aromatic heterocycles. The van der Waals surface area contributed by atoms with E-state index in [1.165, 1.54) is 4.90 Å². The van der Waals surface area contributed by atoms with Gasteiger partial charge in [-0.25, -0.2) is 0 Å². The van der Waals surface area contributed by atoms with Crippen molar-refractivity contribution in [2.45, 2.75) is 171 Å². The lowest BCUT2D eigenvalue weighted by molar-refractivity contribution is -0.234. The zero-order chi connectivity index (χ0) is 41.3. The second-order valence-corrected chi connectivity index (χ2v) is 20.2. The van der Waals surface area contributed by atoms with Crippen molar-refractivity contribution in [3.05, 3.63) is 0 Å². The molecule has 0 saturated carbocycles. The van der Waals surface area contributed by atoms with Crippen molar-refractivity contribution in [3.63, 3.8) is 0 Å². The minimum absolute atomic E-state index is 0.0201. The second-order valence-electron chi connectivity index (χ2n) is 17.4. The van der Waals surface area contributed by atoms with Gasteiger partial charge in [0.2, 0.25) is 17.7 Å². The van der Waals surface area contributed by atoms with Crippen molar-refractivity contribution in [2.75, 3.05) is 46.0 Å². The van der Waals surface area contributed by atoms with Gasteiger partial charge in [0, 0.05) is 45.4 Å². The lowest BCUT2D eigenvalue weighted by atomic mass is 9.89. The molecule has 16 heteroatoms. The first kappa shape index (κ1) is 52.6. The Balaban J connectivity index is 4.56. The Morgan fingerprint density at radius 1 is 0.537 bits per heavy atom. The van der Waals surface area contributed by atoms with E-state index < -0.39 is 21.2 Å². The van der Waals surface area contributed by atoms with Crippen molar-refractivity contribution >= 4 is 33.4 Å². The second kappa shape index (κ2) is 27.3. The largest absolute Gasteiger partial charge is 0.756 e. The number of nitrogens with zero attached hydrogens (tertiary/aromatic N) is 1. The Bertz CT molecular complexity index is 1150. The summed E-state index contributed by atoms with van der Waals surface area (Å²) in [4.78, 5) is 63.0. The molecule has 0 rings (SSSR count). The summed E-state index contributed by atoms with van der Waals surface area (Å²) in [5, 5.41) is 5.85. The zero-order valence-corrected chi connectivity index (χ0v) is 36.9. The van der Waals surface area contributed by atoms with Gasteiger partial charge in [0.25, 0.3) is 15.6 Å². The van der Waals surface area contributed by atoms with Gasteiger partial charge < -0.3 is 43.4 Å². The Labute approximate surface area is 327 Å². The first-order chi connectivity index (χ1) is 24.9. The van der Waals surface area contributed by atoms with E-state index >= 15 is 0 Å². The molecule has 0 aliphatic carbocycles. The van der Waals surface area contributed by atoms with Gasteiger partial charge in [0.15, 0.2) is 0 Å². The third-order valence-electron chi connectivity index (χ3n) is 8.15. The van der Waals surface area contributed by atoms with Crippen LogP contribution in [0.5, 0.6) is 0 Å².